The van der Waals surface area contributed by atoms with Crippen molar-refractivity contribution in [2.75, 3.05) is 33.2 Å². The van der Waals surface area contributed by atoms with Gasteiger partial charge in [0.15, 0.2) is 0 Å². The summed E-state index contributed by atoms with van der Waals surface area (Å²) in [5, 5.41) is 15.6. The van der Waals surface area contributed by atoms with Gasteiger partial charge in [0.1, 0.15) is 6.04 Å². The van der Waals surface area contributed by atoms with Crippen LogP contribution >= 0.6 is 0 Å². The number of urea groups is 1. The van der Waals surface area contributed by atoms with Crippen LogP contribution in [-0.2, 0) is 14.8 Å². The molecular weight excluding hydrogens is 438 g/mol. The van der Waals surface area contributed by atoms with E-state index >= 15 is 0 Å². The van der Waals surface area contributed by atoms with E-state index in [-0.39, 0.29) is 36.8 Å². The molecule has 1 fully saturated rings. The number of piperazine rings is 1. The summed E-state index contributed by atoms with van der Waals surface area (Å²) in [6.07, 6.45) is 0. The van der Waals surface area contributed by atoms with Crippen molar-refractivity contribution in [2.45, 2.75) is 10.9 Å². The first-order valence-corrected chi connectivity index (χ1v) is 11.2. The van der Waals surface area contributed by atoms with Crippen LogP contribution in [-0.4, -0.2) is 67.7 Å². The maximum Gasteiger partial charge on any atom is 0.321 e. The van der Waals surface area contributed by atoms with E-state index < -0.39 is 32.9 Å². The van der Waals surface area contributed by atoms with Crippen molar-refractivity contribution in [1.82, 2.24) is 19.8 Å². The Balaban J connectivity index is 1.78. The van der Waals surface area contributed by atoms with Crippen LogP contribution in [0.1, 0.15) is 11.6 Å². The van der Waals surface area contributed by atoms with E-state index in [0.717, 1.165) is 6.07 Å². The van der Waals surface area contributed by atoms with Crippen molar-refractivity contribution in [2.24, 2.45) is 0 Å². The van der Waals surface area contributed by atoms with Gasteiger partial charge in [-0.05, 0) is 11.6 Å². The van der Waals surface area contributed by atoms with E-state index in [2.05, 4.69) is 10.6 Å². The van der Waals surface area contributed by atoms with E-state index in [9.17, 15) is 28.1 Å². The SMILES string of the molecule is CNC(=O)NC(=O)C(c1ccccc1)N1CCN(S(=O)(=O)c2cccc([N+](=O)[O-])c2)CC1. The minimum atomic E-state index is -3.94. The third-order valence-corrected chi connectivity index (χ3v) is 7.03. The Morgan fingerprint density at radius 2 is 1.69 bits per heavy atom. The van der Waals surface area contributed by atoms with Gasteiger partial charge in [-0.25, -0.2) is 13.2 Å². The molecule has 0 saturated carbocycles. The highest BCUT2D eigenvalue weighted by atomic mass is 32.2. The Bertz CT molecular complexity index is 1100. The maximum absolute atomic E-state index is 13.0. The monoisotopic (exact) mass is 461 g/mol. The lowest BCUT2D eigenvalue weighted by Gasteiger charge is -2.38. The lowest BCUT2D eigenvalue weighted by molar-refractivity contribution is -0.385. The number of nitrogens with zero attached hydrogens (tertiary/aromatic N) is 3. The smallest absolute Gasteiger partial charge is 0.321 e. The van der Waals surface area contributed by atoms with E-state index in [4.69, 9.17) is 0 Å². The molecule has 0 radical (unpaired) electrons. The number of hydrogen-bond donors (Lipinski definition) is 2. The van der Waals surface area contributed by atoms with Gasteiger partial charge in [0, 0.05) is 45.4 Å². The molecule has 2 aromatic carbocycles. The summed E-state index contributed by atoms with van der Waals surface area (Å²) < 4.78 is 27.2. The molecule has 11 nitrogen and oxygen atoms in total. The highest BCUT2D eigenvalue weighted by Gasteiger charge is 2.35. The van der Waals surface area contributed by atoms with E-state index in [0.29, 0.717) is 5.56 Å². The van der Waals surface area contributed by atoms with Crippen molar-refractivity contribution < 1.29 is 22.9 Å². The van der Waals surface area contributed by atoms with E-state index in [1.165, 1.54) is 29.6 Å². The minimum absolute atomic E-state index is 0.0849. The molecule has 32 heavy (non-hydrogen) atoms. The second-order valence-corrected chi connectivity index (χ2v) is 9.01. The number of carbonyl (C=O) groups is 2. The number of non-ortho nitro benzene ring substituents is 1. The van der Waals surface area contributed by atoms with Crippen LogP contribution in [0.2, 0.25) is 0 Å². The number of amides is 3. The number of nitrogens with one attached hydrogen (secondary N) is 2. The first-order chi connectivity index (χ1) is 15.2. The van der Waals surface area contributed by atoms with Crippen LogP contribution in [0.25, 0.3) is 0 Å². The van der Waals surface area contributed by atoms with Crippen molar-refractivity contribution in [3.05, 3.63) is 70.3 Å². The number of rotatable bonds is 6. The largest absolute Gasteiger partial charge is 0.341 e. The predicted molar refractivity (Wildman–Crippen MR) is 115 cm³/mol. The Morgan fingerprint density at radius 1 is 1.03 bits per heavy atom. The number of hydrogen-bond acceptors (Lipinski definition) is 7. The molecule has 1 aliphatic rings. The first-order valence-electron chi connectivity index (χ1n) is 9.80. The Labute approximate surface area is 185 Å². The summed E-state index contributed by atoms with van der Waals surface area (Å²) in [5.41, 5.74) is 0.364. The molecule has 2 aromatic rings. The third-order valence-electron chi connectivity index (χ3n) is 5.13. The van der Waals surface area contributed by atoms with Gasteiger partial charge < -0.3 is 5.32 Å². The molecule has 12 heteroatoms. The standard InChI is InChI=1S/C20H23N5O6S/c1-21-20(27)22-19(26)18(15-6-3-2-4-7-15)23-10-12-24(13-11-23)32(30,31)17-9-5-8-16(14-17)25(28)29/h2-9,14,18H,10-13H2,1H3,(H2,21,22,26,27). The number of sulfonamides is 1. The van der Waals surface area contributed by atoms with Crippen LogP contribution in [0, 0.1) is 10.1 Å². The molecule has 3 rings (SSSR count). The van der Waals surface area contributed by atoms with Crippen molar-refractivity contribution >= 4 is 27.6 Å². The van der Waals surface area contributed by atoms with Gasteiger partial charge in [-0.15, -0.1) is 0 Å². The van der Waals surface area contributed by atoms with Crippen LogP contribution in [0.15, 0.2) is 59.5 Å². The Kier molecular flexibility index (Phi) is 7.18. The molecule has 0 spiro atoms. The fourth-order valence-corrected chi connectivity index (χ4v) is 4.98. The van der Waals surface area contributed by atoms with Crippen LogP contribution in [0.4, 0.5) is 10.5 Å². The summed E-state index contributed by atoms with van der Waals surface area (Å²) in [6, 6.07) is 12.4. The van der Waals surface area contributed by atoms with Gasteiger partial charge in [0.25, 0.3) is 5.69 Å². The quantitative estimate of drug-likeness (QED) is 0.484. The lowest BCUT2D eigenvalue weighted by atomic mass is 10.0. The van der Waals surface area contributed by atoms with Gasteiger partial charge in [0.05, 0.1) is 9.82 Å². The summed E-state index contributed by atoms with van der Waals surface area (Å²) in [6.45, 7) is 0.632. The highest BCUT2D eigenvalue weighted by Crippen LogP contribution is 2.26. The zero-order valence-corrected chi connectivity index (χ0v) is 18.1. The predicted octanol–water partition coefficient (Wildman–Crippen LogP) is 1.10. The van der Waals surface area contributed by atoms with E-state index in [1.807, 2.05) is 0 Å². The fraction of sp³-hybridized carbons (Fsp3) is 0.300. The zero-order chi connectivity index (χ0) is 23.3. The van der Waals surface area contributed by atoms with Crippen LogP contribution in [0.3, 0.4) is 0 Å². The molecule has 170 valence electrons. The van der Waals surface area contributed by atoms with Crippen molar-refractivity contribution in [1.29, 1.82) is 0 Å². The Morgan fingerprint density at radius 3 is 2.28 bits per heavy atom. The number of imide groups is 1. The topological polar surface area (TPSA) is 142 Å². The van der Waals surface area contributed by atoms with E-state index in [1.54, 1.807) is 35.2 Å². The first kappa shape index (κ1) is 23.3. The molecule has 2 N–H and O–H groups in total. The summed E-state index contributed by atoms with van der Waals surface area (Å²) in [4.78, 5) is 36.5. The van der Waals surface area contributed by atoms with Gasteiger partial charge >= 0.3 is 6.03 Å². The average Bonchev–Trinajstić information content (AvgIpc) is 2.80. The Hall–Kier alpha value is -3.35. The summed E-state index contributed by atoms with van der Waals surface area (Å²) in [5.74, 6) is -0.523. The highest BCUT2D eigenvalue weighted by molar-refractivity contribution is 7.89. The normalized spacial score (nSPS) is 16.2. The molecule has 1 saturated heterocycles. The molecule has 1 atom stereocenters. The molecule has 0 aromatic heterocycles. The molecular formula is C20H23N5O6S. The summed E-state index contributed by atoms with van der Waals surface area (Å²) in [7, 11) is -2.54. The van der Waals surface area contributed by atoms with Gasteiger partial charge in [0.2, 0.25) is 15.9 Å². The fourth-order valence-electron chi connectivity index (χ4n) is 3.51. The van der Waals surface area contributed by atoms with Gasteiger partial charge in [-0.2, -0.15) is 4.31 Å². The molecule has 3 amide bonds. The number of benzene rings is 2. The van der Waals surface area contributed by atoms with Gasteiger partial charge in [-0.1, -0.05) is 36.4 Å². The number of nitro groups is 1. The van der Waals surface area contributed by atoms with Crippen LogP contribution < -0.4 is 10.6 Å². The number of carbonyl (C=O) groups excluding carboxylic acids is 2. The minimum Gasteiger partial charge on any atom is -0.341 e. The van der Waals surface area contributed by atoms with Gasteiger partial charge in [-0.3, -0.25) is 25.1 Å². The van der Waals surface area contributed by atoms with Crippen molar-refractivity contribution in [3.8, 4) is 0 Å². The third kappa shape index (κ3) is 5.10. The number of nitro benzene ring substituents is 1. The van der Waals surface area contributed by atoms with Crippen molar-refractivity contribution in [3.63, 3.8) is 0 Å². The molecule has 1 heterocycles. The second kappa shape index (κ2) is 9.85. The molecule has 0 bridgehead atoms. The van der Waals surface area contributed by atoms with Crippen LogP contribution in [0.5, 0.6) is 0 Å². The summed E-state index contributed by atoms with van der Waals surface area (Å²) >= 11 is 0. The lowest BCUT2D eigenvalue weighted by Crippen LogP contribution is -2.53. The maximum atomic E-state index is 13.0. The molecule has 1 aliphatic heterocycles. The zero-order valence-electron chi connectivity index (χ0n) is 17.3. The molecule has 1 unspecified atom stereocenters. The molecule has 0 aliphatic carbocycles. The average molecular weight is 462 g/mol. The second-order valence-electron chi connectivity index (χ2n) is 7.08.